The molecule has 2 heteroatoms. The molecule has 1 rings (SSSR count). The quantitative estimate of drug-likeness (QED) is 0.181. The van der Waals surface area contributed by atoms with E-state index in [2.05, 4.69) is 16.9 Å². The summed E-state index contributed by atoms with van der Waals surface area (Å²) in [7, 11) is 0. The largest absolute Gasteiger partial charge is 0.349 e. The Morgan fingerprint density at radius 1 is 0.517 bits per heavy atom. The molecule has 2 nitrogen and oxygen atoms in total. The SMILES string of the molecule is CCCCCCCCCCCCCCCCCCCCCCCCc1ncc[nH]1. The smallest absolute Gasteiger partial charge is 0.105 e. The first kappa shape index (κ1) is 26.2. The summed E-state index contributed by atoms with van der Waals surface area (Å²) in [4.78, 5) is 7.47. The lowest BCUT2D eigenvalue weighted by Gasteiger charge is -2.04. The summed E-state index contributed by atoms with van der Waals surface area (Å²) in [6.45, 7) is 2.30. The van der Waals surface area contributed by atoms with Gasteiger partial charge in [0.05, 0.1) is 0 Å². The average molecular weight is 405 g/mol. The van der Waals surface area contributed by atoms with Gasteiger partial charge in [0.1, 0.15) is 5.82 Å². The molecule has 0 bridgehead atoms. The molecule has 0 amide bonds. The third-order valence-corrected chi connectivity index (χ3v) is 6.32. The minimum Gasteiger partial charge on any atom is -0.349 e. The number of hydrogen-bond donors (Lipinski definition) is 1. The maximum Gasteiger partial charge on any atom is 0.105 e. The van der Waals surface area contributed by atoms with Gasteiger partial charge in [-0.15, -0.1) is 0 Å². The lowest BCUT2D eigenvalue weighted by Crippen LogP contribution is -1.88. The monoisotopic (exact) mass is 404 g/mol. The van der Waals surface area contributed by atoms with Crippen LogP contribution in [0.3, 0.4) is 0 Å². The molecule has 0 atom stereocenters. The maximum atomic E-state index is 4.29. The summed E-state index contributed by atoms with van der Waals surface area (Å²) in [5.41, 5.74) is 0. The Morgan fingerprint density at radius 2 is 0.862 bits per heavy atom. The van der Waals surface area contributed by atoms with Crippen molar-refractivity contribution in [1.29, 1.82) is 0 Å². The van der Waals surface area contributed by atoms with E-state index in [1.807, 2.05) is 12.4 Å². The van der Waals surface area contributed by atoms with E-state index in [4.69, 9.17) is 0 Å². The van der Waals surface area contributed by atoms with E-state index in [9.17, 15) is 0 Å². The highest BCUT2D eigenvalue weighted by atomic mass is 14.9. The predicted molar refractivity (Wildman–Crippen MR) is 130 cm³/mol. The van der Waals surface area contributed by atoms with Gasteiger partial charge in [0.15, 0.2) is 0 Å². The average Bonchev–Trinajstić information content (AvgIpc) is 3.25. The summed E-state index contributed by atoms with van der Waals surface area (Å²) in [5.74, 6) is 1.15. The highest BCUT2D eigenvalue weighted by Crippen LogP contribution is 2.15. The number of unbranched alkanes of at least 4 members (excludes halogenated alkanes) is 21. The molecule has 0 fully saturated rings. The summed E-state index contributed by atoms with van der Waals surface area (Å²) in [5, 5.41) is 0. The number of imidazole rings is 1. The van der Waals surface area contributed by atoms with E-state index in [0.717, 1.165) is 12.2 Å². The van der Waals surface area contributed by atoms with Crippen molar-refractivity contribution >= 4 is 0 Å². The van der Waals surface area contributed by atoms with Crippen molar-refractivity contribution in [2.24, 2.45) is 0 Å². The van der Waals surface area contributed by atoms with Gasteiger partial charge in [0, 0.05) is 18.8 Å². The molecule has 29 heavy (non-hydrogen) atoms. The van der Waals surface area contributed by atoms with Crippen molar-refractivity contribution in [3.63, 3.8) is 0 Å². The van der Waals surface area contributed by atoms with Crippen LogP contribution in [0, 0.1) is 0 Å². The molecule has 1 heterocycles. The topological polar surface area (TPSA) is 28.7 Å². The molecule has 0 aliphatic rings. The number of nitrogens with zero attached hydrogens (tertiary/aromatic N) is 1. The lowest BCUT2D eigenvalue weighted by atomic mass is 10.0. The zero-order valence-corrected chi connectivity index (χ0v) is 19.9. The molecule has 0 saturated carbocycles. The van der Waals surface area contributed by atoms with Crippen molar-refractivity contribution in [3.8, 4) is 0 Å². The second-order valence-corrected chi connectivity index (χ2v) is 9.21. The number of hydrogen-bond acceptors (Lipinski definition) is 1. The second kappa shape index (κ2) is 21.9. The van der Waals surface area contributed by atoms with Crippen LogP contribution in [0.15, 0.2) is 12.4 Å². The molecule has 0 radical (unpaired) electrons. The normalized spacial score (nSPS) is 11.3. The zero-order valence-electron chi connectivity index (χ0n) is 19.9. The second-order valence-electron chi connectivity index (χ2n) is 9.21. The molecule has 1 N–H and O–H groups in total. The molecule has 1 aromatic heterocycles. The fourth-order valence-electron chi connectivity index (χ4n) is 4.34. The van der Waals surface area contributed by atoms with Crippen LogP contribution in [0.4, 0.5) is 0 Å². The van der Waals surface area contributed by atoms with Crippen molar-refractivity contribution in [1.82, 2.24) is 9.97 Å². The maximum absolute atomic E-state index is 4.29. The van der Waals surface area contributed by atoms with Crippen LogP contribution in [-0.2, 0) is 6.42 Å². The van der Waals surface area contributed by atoms with E-state index >= 15 is 0 Å². The van der Waals surface area contributed by atoms with E-state index in [1.165, 1.54) is 141 Å². The standard InChI is InChI=1S/C27H52N2/c1-2-3-4-5-6-7-8-9-10-11-12-13-14-15-16-17-18-19-20-21-22-23-24-27-28-25-26-29-27/h25-26H,2-24H2,1H3,(H,28,29). The van der Waals surface area contributed by atoms with Gasteiger partial charge < -0.3 is 4.98 Å². The molecule has 1 aromatic rings. The van der Waals surface area contributed by atoms with E-state index < -0.39 is 0 Å². The zero-order chi connectivity index (χ0) is 20.7. The molecule has 0 unspecified atom stereocenters. The van der Waals surface area contributed by atoms with Gasteiger partial charge in [-0.25, -0.2) is 4.98 Å². The predicted octanol–water partition coefficient (Wildman–Crippen LogP) is 9.55. The third-order valence-electron chi connectivity index (χ3n) is 6.32. The van der Waals surface area contributed by atoms with Crippen LogP contribution in [0.5, 0.6) is 0 Å². The summed E-state index contributed by atoms with van der Waals surface area (Å²) in [6.07, 6.45) is 36.7. The van der Waals surface area contributed by atoms with Gasteiger partial charge in [-0.05, 0) is 6.42 Å². The van der Waals surface area contributed by atoms with Gasteiger partial charge >= 0.3 is 0 Å². The highest BCUT2D eigenvalue weighted by molar-refractivity contribution is 4.86. The lowest BCUT2D eigenvalue weighted by molar-refractivity contribution is 0.519. The van der Waals surface area contributed by atoms with Crippen molar-refractivity contribution in [2.45, 2.75) is 155 Å². The van der Waals surface area contributed by atoms with Gasteiger partial charge in [-0.3, -0.25) is 0 Å². The molecular formula is C27H52N2. The molecule has 0 aliphatic heterocycles. The summed E-state index contributed by atoms with van der Waals surface area (Å²) >= 11 is 0. The molecule has 0 saturated heterocycles. The first-order chi connectivity index (χ1) is 14.4. The fourth-order valence-corrected chi connectivity index (χ4v) is 4.34. The van der Waals surface area contributed by atoms with Crippen LogP contribution in [0.1, 0.15) is 154 Å². The number of rotatable bonds is 23. The number of aromatic nitrogens is 2. The molecule has 0 aromatic carbocycles. The Hall–Kier alpha value is -0.790. The first-order valence-corrected chi connectivity index (χ1v) is 13.4. The van der Waals surface area contributed by atoms with Crippen molar-refractivity contribution in [2.75, 3.05) is 0 Å². The molecule has 0 spiro atoms. The number of H-pyrrole nitrogens is 1. The molecule has 170 valence electrons. The van der Waals surface area contributed by atoms with Gasteiger partial charge in [-0.1, -0.05) is 142 Å². The van der Waals surface area contributed by atoms with Crippen LogP contribution in [-0.4, -0.2) is 9.97 Å². The summed E-state index contributed by atoms with van der Waals surface area (Å²) in [6, 6.07) is 0. The third kappa shape index (κ3) is 18.9. The van der Waals surface area contributed by atoms with Crippen molar-refractivity contribution < 1.29 is 0 Å². The van der Waals surface area contributed by atoms with E-state index in [-0.39, 0.29) is 0 Å². The number of nitrogens with one attached hydrogen (secondary N) is 1. The van der Waals surface area contributed by atoms with E-state index in [0.29, 0.717) is 0 Å². The van der Waals surface area contributed by atoms with Crippen LogP contribution < -0.4 is 0 Å². The first-order valence-electron chi connectivity index (χ1n) is 13.4. The Labute approximate surface area is 183 Å². The fraction of sp³-hybridized carbons (Fsp3) is 0.889. The number of aryl methyl sites for hydroxylation is 1. The molecule has 0 aliphatic carbocycles. The van der Waals surface area contributed by atoms with Crippen LogP contribution in [0.25, 0.3) is 0 Å². The highest BCUT2D eigenvalue weighted by Gasteiger charge is 1.97. The Morgan fingerprint density at radius 3 is 1.17 bits per heavy atom. The Kier molecular flexibility index (Phi) is 19.8. The minimum atomic E-state index is 1.12. The summed E-state index contributed by atoms with van der Waals surface area (Å²) < 4.78 is 0. The van der Waals surface area contributed by atoms with Gasteiger partial charge in [0.2, 0.25) is 0 Å². The Balaban J connectivity index is 1.63. The van der Waals surface area contributed by atoms with E-state index in [1.54, 1.807) is 0 Å². The van der Waals surface area contributed by atoms with Crippen molar-refractivity contribution in [3.05, 3.63) is 18.2 Å². The van der Waals surface area contributed by atoms with Gasteiger partial charge in [-0.2, -0.15) is 0 Å². The van der Waals surface area contributed by atoms with Crippen LogP contribution in [0.2, 0.25) is 0 Å². The Bertz CT molecular complexity index is 399. The van der Waals surface area contributed by atoms with Crippen LogP contribution >= 0.6 is 0 Å². The minimum absolute atomic E-state index is 1.12. The number of aromatic amines is 1. The van der Waals surface area contributed by atoms with Gasteiger partial charge in [0.25, 0.3) is 0 Å². The molecular weight excluding hydrogens is 352 g/mol.